The number of fused-ring (bicyclic) bond motifs is 1. The van der Waals surface area contributed by atoms with E-state index in [0.29, 0.717) is 5.56 Å². The summed E-state index contributed by atoms with van der Waals surface area (Å²) in [6, 6.07) is 7.50. The van der Waals surface area contributed by atoms with E-state index in [2.05, 4.69) is 11.4 Å². The van der Waals surface area contributed by atoms with Gasteiger partial charge in [0.05, 0.1) is 11.6 Å². The standard InChI is InChI=1S/C11H10N2O/c1-11(14)6-5-9-8(7-12)3-2-4-10(9)13-11/h2-6,13-14H,1H3. The van der Waals surface area contributed by atoms with Crippen molar-refractivity contribution in [3.63, 3.8) is 0 Å². The van der Waals surface area contributed by atoms with Gasteiger partial charge in [0.25, 0.3) is 0 Å². The molecule has 1 atom stereocenters. The van der Waals surface area contributed by atoms with E-state index >= 15 is 0 Å². The first-order chi connectivity index (χ1) is 6.62. The lowest BCUT2D eigenvalue weighted by atomic mass is 10.00. The van der Waals surface area contributed by atoms with E-state index in [-0.39, 0.29) is 0 Å². The molecular formula is C11H10N2O. The maximum absolute atomic E-state index is 9.70. The van der Waals surface area contributed by atoms with Gasteiger partial charge in [-0.3, -0.25) is 0 Å². The third-order valence-electron chi connectivity index (χ3n) is 2.19. The van der Waals surface area contributed by atoms with E-state index in [9.17, 15) is 5.11 Å². The summed E-state index contributed by atoms with van der Waals surface area (Å²) in [5.74, 6) is 0. The largest absolute Gasteiger partial charge is 0.368 e. The maximum Gasteiger partial charge on any atom is 0.152 e. The molecule has 1 aromatic carbocycles. The third kappa shape index (κ3) is 1.36. The highest BCUT2D eigenvalue weighted by Gasteiger charge is 2.21. The van der Waals surface area contributed by atoms with Crippen molar-refractivity contribution in [2.75, 3.05) is 5.32 Å². The molecule has 0 bridgehead atoms. The second-order valence-electron chi connectivity index (χ2n) is 3.48. The molecule has 2 N–H and O–H groups in total. The van der Waals surface area contributed by atoms with Gasteiger partial charge >= 0.3 is 0 Å². The Morgan fingerprint density at radius 3 is 3.00 bits per heavy atom. The van der Waals surface area contributed by atoms with Gasteiger partial charge in [0.1, 0.15) is 0 Å². The zero-order valence-electron chi connectivity index (χ0n) is 7.78. The van der Waals surface area contributed by atoms with Crippen molar-refractivity contribution in [1.82, 2.24) is 0 Å². The molecule has 0 saturated heterocycles. The average molecular weight is 186 g/mol. The van der Waals surface area contributed by atoms with Crippen LogP contribution >= 0.6 is 0 Å². The Kier molecular flexibility index (Phi) is 1.80. The van der Waals surface area contributed by atoms with Crippen LogP contribution < -0.4 is 5.32 Å². The molecule has 1 unspecified atom stereocenters. The first-order valence-corrected chi connectivity index (χ1v) is 4.35. The topological polar surface area (TPSA) is 56.0 Å². The number of anilines is 1. The van der Waals surface area contributed by atoms with Gasteiger partial charge in [-0.25, -0.2) is 0 Å². The summed E-state index contributed by atoms with van der Waals surface area (Å²) in [4.78, 5) is 0. The highest BCUT2D eigenvalue weighted by molar-refractivity contribution is 5.75. The fraction of sp³-hybridized carbons (Fsp3) is 0.182. The minimum atomic E-state index is -1.03. The van der Waals surface area contributed by atoms with E-state index in [1.165, 1.54) is 0 Å². The van der Waals surface area contributed by atoms with Crippen LogP contribution in [0, 0.1) is 11.3 Å². The van der Waals surface area contributed by atoms with Crippen LogP contribution in [0.15, 0.2) is 24.3 Å². The number of hydrogen-bond donors (Lipinski definition) is 2. The predicted molar refractivity (Wildman–Crippen MR) is 54.4 cm³/mol. The molecule has 3 nitrogen and oxygen atoms in total. The van der Waals surface area contributed by atoms with Gasteiger partial charge in [-0.05, 0) is 25.1 Å². The van der Waals surface area contributed by atoms with Gasteiger partial charge in [0, 0.05) is 11.3 Å². The van der Waals surface area contributed by atoms with Crippen LogP contribution in [-0.4, -0.2) is 10.8 Å². The number of nitrogens with zero attached hydrogens (tertiary/aromatic N) is 1. The molecule has 14 heavy (non-hydrogen) atoms. The van der Waals surface area contributed by atoms with Gasteiger partial charge in [0.15, 0.2) is 5.72 Å². The summed E-state index contributed by atoms with van der Waals surface area (Å²) in [7, 11) is 0. The molecule has 1 heterocycles. The van der Waals surface area contributed by atoms with Crippen LogP contribution in [0.25, 0.3) is 6.08 Å². The summed E-state index contributed by atoms with van der Waals surface area (Å²) >= 11 is 0. The first kappa shape index (κ1) is 8.79. The lowest BCUT2D eigenvalue weighted by Crippen LogP contribution is -2.33. The number of nitrogens with one attached hydrogen (secondary N) is 1. The van der Waals surface area contributed by atoms with E-state index < -0.39 is 5.72 Å². The summed E-state index contributed by atoms with van der Waals surface area (Å²) in [5, 5.41) is 21.5. The van der Waals surface area contributed by atoms with Crippen molar-refractivity contribution in [3.05, 3.63) is 35.4 Å². The molecule has 0 amide bonds. The van der Waals surface area contributed by atoms with Crippen molar-refractivity contribution >= 4 is 11.8 Å². The van der Waals surface area contributed by atoms with E-state index in [0.717, 1.165) is 11.3 Å². The molecule has 1 aliphatic heterocycles. The number of nitriles is 1. The normalized spacial score (nSPS) is 23.5. The van der Waals surface area contributed by atoms with Crippen LogP contribution in [0.3, 0.4) is 0 Å². The molecule has 70 valence electrons. The van der Waals surface area contributed by atoms with Crippen LogP contribution in [0.5, 0.6) is 0 Å². The van der Waals surface area contributed by atoms with Crippen molar-refractivity contribution in [1.29, 1.82) is 5.26 Å². The fourth-order valence-corrected chi connectivity index (χ4v) is 1.51. The molecule has 0 radical (unpaired) electrons. The quantitative estimate of drug-likeness (QED) is 0.648. The third-order valence-corrected chi connectivity index (χ3v) is 2.19. The first-order valence-electron chi connectivity index (χ1n) is 4.35. The van der Waals surface area contributed by atoms with E-state index in [1.54, 1.807) is 31.2 Å². The molecule has 0 aliphatic carbocycles. The Morgan fingerprint density at radius 1 is 1.50 bits per heavy atom. The Morgan fingerprint density at radius 2 is 2.29 bits per heavy atom. The highest BCUT2D eigenvalue weighted by Crippen LogP contribution is 2.28. The predicted octanol–water partition coefficient (Wildman–Crippen LogP) is 1.71. The second kappa shape index (κ2) is 2.86. The molecule has 3 heteroatoms. The molecule has 0 fully saturated rings. The Balaban J connectivity index is 2.57. The minimum absolute atomic E-state index is 0.613. The van der Waals surface area contributed by atoms with Crippen molar-refractivity contribution in [3.8, 4) is 6.07 Å². The lowest BCUT2D eigenvalue weighted by molar-refractivity contribution is 0.142. The Bertz CT molecular complexity index is 441. The molecule has 0 spiro atoms. The summed E-state index contributed by atoms with van der Waals surface area (Å²) in [5.41, 5.74) is 1.21. The zero-order chi connectivity index (χ0) is 10.2. The molecule has 0 saturated carbocycles. The van der Waals surface area contributed by atoms with Crippen LogP contribution in [0.2, 0.25) is 0 Å². The molecule has 1 aliphatic rings. The Hall–Kier alpha value is -1.79. The van der Waals surface area contributed by atoms with Crippen LogP contribution in [0.1, 0.15) is 18.1 Å². The maximum atomic E-state index is 9.70. The van der Waals surface area contributed by atoms with Crippen LogP contribution in [-0.2, 0) is 0 Å². The van der Waals surface area contributed by atoms with E-state index in [1.807, 2.05) is 6.07 Å². The van der Waals surface area contributed by atoms with Crippen molar-refractivity contribution in [2.24, 2.45) is 0 Å². The summed E-state index contributed by atoms with van der Waals surface area (Å²) < 4.78 is 0. The molecule has 0 aromatic heterocycles. The lowest BCUT2D eigenvalue weighted by Gasteiger charge is -2.27. The number of aliphatic hydroxyl groups is 1. The van der Waals surface area contributed by atoms with Crippen LogP contribution in [0.4, 0.5) is 5.69 Å². The number of rotatable bonds is 0. The second-order valence-corrected chi connectivity index (χ2v) is 3.48. The van der Waals surface area contributed by atoms with Gasteiger partial charge in [-0.2, -0.15) is 5.26 Å². The molecule has 2 rings (SSSR count). The fourth-order valence-electron chi connectivity index (χ4n) is 1.51. The molecule has 1 aromatic rings. The van der Waals surface area contributed by atoms with Gasteiger partial charge in [-0.15, -0.1) is 0 Å². The SMILES string of the molecule is CC1(O)C=Cc2c(C#N)cccc2N1. The Labute approximate surface area is 82.3 Å². The minimum Gasteiger partial charge on any atom is -0.368 e. The van der Waals surface area contributed by atoms with Crippen molar-refractivity contribution in [2.45, 2.75) is 12.6 Å². The highest BCUT2D eigenvalue weighted by atomic mass is 16.3. The monoisotopic (exact) mass is 186 g/mol. The van der Waals surface area contributed by atoms with Crippen molar-refractivity contribution < 1.29 is 5.11 Å². The van der Waals surface area contributed by atoms with Gasteiger partial charge in [0.2, 0.25) is 0 Å². The van der Waals surface area contributed by atoms with Gasteiger partial charge < -0.3 is 10.4 Å². The number of benzene rings is 1. The average Bonchev–Trinajstić information content (AvgIpc) is 2.15. The van der Waals surface area contributed by atoms with Gasteiger partial charge in [-0.1, -0.05) is 12.1 Å². The molecular weight excluding hydrogens is 176 g/mol. The zero-order valence-corrected chi connectivity index (χ0v) is 7.78. The van der Waals surface area contributed by atoms with E-state index in [4.69, 9.17) is 5.26 Å². The smallest absolute Gasteiger partial charge is 0.152 e. The number of hydrogen-bond acceptors (Lipinski definition) is 3. The summed E-state index contributed by atoms with van der Waals surface area (Å²) in [6.45, 7) is 1.66. The summed E-state index contributed by atoms with van der Waals surface area (Å²) in [6.07, 6.45) is 3.40.